The molecule has 1 aromatic heterocycles. The summed E-state index contributed by atoms with van der Waals surface area (Å²) in [6, 6.07) is 0. The van der Waals surface area contributed by atoms with Crippen LogP contribution in [0.5, 0.6) is 0 Å². The predicted molar refractivity (Wildman–Crippen MR) is 61.7 cm³/mol. The molecule has 86 valence electrons. The lowest BCUT2D eigenvalue weighted by molar-refractivity contribution is -0.117. The van der Waals surface area contributed by atoms with Gasteiger partial charge in [0.25, 0.3) is 0 Å². The molecule has 0 radical (unpaired) electrons. The van der Waals surface area contributed by atoms with E-state index in [1.54, 1.807) is 0 Å². The third kappa shape index (κ3) is 2.00. The highest BCUT2D eigenvalue weighted by molar-refractivity contribution is 9.10. The Hall–Kier alpha value is -1.21. The summed E-state index contributed by atoms with van der Waals surface area (Å²) in [5, 5.41) is 9.02. The Morgan fingerprint density at radius 2 is 2.44 bits per heavy atom. The first-order valence-corrected chi connectivity index (χ1v) is 5.60. The highest BCUT2D eigenvalue weighted by atomic mass is 79.9. The van der Waals surface area contributed by atoms with Gasteiger partial charge in [-0.05, 0) is 15.9 Å². The topological polar surface area (TPSA) is 92.3 Å². The Kier molecular flexibility index (Phi) is 3.06. The molecule has 1 aliphatic heterocycles. The fourth-order valence-electron chi connectivity index (χ4n) is 1.68. The van der Waals surface area contributed by atoms with Gasteiger partial charge in [0, 0.05) is 25.5 Å². The zero-order chi connectivity index (χ0) is 11.7. The molecule has 0 saturated carbocycles. The number of hydrogen-bond acceptors (Lipinski definition) is 5. The van der Waals surface area contributed by atoms with Crippen molar-refractivity contribution < 1.29 is 9.90 Å². The SMILES string of the molecule is Nc1ncc(Br)nc1N1CC(CO)CC1=O. The van der Waals surface area contributed by atoms with E-state index in [0.717, 1.165) is 0 Å². The lowest BCUT2D eigenvalue weighted by Crippen LogP contribution is -2.27. The molecule has 1 aliphatic rings. The van der Waals surface area contributed by atoms with Crippen LogP contribution in [0.4, 0.5) is 11.6 Å². The summed E-state index contributed by atoms with van der Waals surface area (Å²) < 4.78 is 0.525. The second kappa shape index (κ2) is 4.34. The third-order valence-electron chi connectivity index (χ3n) is 2.47. The van der Waals surface area contributed by atoms with Crippen molar-refractivity contribution in [3.05, 3.63) is 10.8 Å². The monoisotopic (exact) mass is 286 g/mol. The molecule has 1 atom stereocenters. The number of rotatable bonds is 2. The van der Waals surface area contributed by atoms with Crippen molar-refractivity contribution in [1.29, 1.82) is 0 Å². The first-order valence-electron chi connectivity index (χ1n) is 4.81. The zero-order valence-electron chi connectivity index (χ0n) is 8.43. The third-order valence-corrected chi connectivity index (χ3v) is 2.85. The molecule has 0 aliphatic carbocycles. The maximum absolute atomic E-state index is 11.7. The van der Waals surface area contributed by atoms with Crippen LogP contribution in [0.15, 0.2) is 10.8 Å². The number of carbonyl (C=O) groups excluding carboxylic acids is 1. The average Bonchev–Trinajstić information content (AvgIpc) is 2.63. The van der Waals surface area contributed by atoms with Crippen molar-refractivity contribution in [2.45, 2.75) is 6.42 Å². The summed E-state index contributed by atoms with van der Waals surface area (Å²) in [4.78, 5) is 21.2. The van der Waals surface area contributed by atoms with Crippen LogP contribution >= 0.6 is 15.9 Å². The van der Waals surface area contributed by atoms with Gasteiger partial charge in [-0.3, -0.25) is 9.69 Å². The van der Waals surface area contributed by atoms with E-state index in [9.17, 15) is 4.79 Å². The van der Waals surface area contributed by atoms with Crippen LogP contribution in [0.2, 0.25) is 0 Å². The van der Waals surface area contributed by atoms with E-state index in [1.165, 1.54) is 11.1 Å². The van der Waals surface area contributed by atoms with Crippen molar-refractivity contribution in [2.24, 2.45) is 5.92 Å². The smallest absolute Gasteiger partial charge is 0.228 e. The highest BCUT2D eigenvalue weighted by Gasteiger charge is 2.32. The zero-order valence-corrected chi connectivity index (χ0v) is 10.0. The molecule has 1 amide bonds. The van der Waals surface area contributed by atoms with Crippen LogP contribution in [0.3, 0.4) is 0 Å². The van der Waals surface area contributed by atoms with Crippen molar-refractivity contribution in [1.82, 2.24) is 9.97 Å². The standard InChI is InChI=1S/C9H11BrN4O2/c10-6-2-12-8(11)9(13-6)14-3-5(4-15)1-7(14)16/h2,5,15H,1,3-4H2,(H2,11,12). The Morgan fingerprint density at radius 1 is 1.69 bits per heavy atom. The number of nitrogen functional groups attached to an aromatic ring is 1. The van der Waals surface area contributed by atoms with Gasteiger partial charge in [0.05, 0.1) is 6.20 Å². The number of carbonyl (C=O) groups is 1. The molecule has 7 heteroatoms. The largest absolute Gasteiger partial charge is 0.396 e. The molecule has 16 heavy (non-hydrogen) atoms. The Bertz CT molecular complexity index is 426. The molecule has 1 unspecified atom stereocenters. The number of aliphatic hydroxyl groups is 1. The second-order valence-corrected chi connectivity index (χ2v) is 4.47. The minimum Gasteiger partial charge on any atom is -0.396 e. The van der Waals surface area contributed by atoms with Crippen LogP contribution in [-0.2, 0) is 4.79 Å². The van der Waals surface area contributed by atoms with Gasteiger partial charge in [-0.25, -0.2) is 9.97 Å². The lowest BCUT2D eigenvalue weighted by atomic mass is 10.1. The van der Waals surface area contributed by atoms with E-state index < -0.39 is 0 Å². The summed E-state index contributed by atoms with van der Waals surface area (Å²) in [5.74, 6) is 0.441. The molecule has 1 aromatic rings. The number of anilines is 2. The molecule has 1 saturated heterocycles. The maximum Gasteiger partial charge on any atom is 0.228 e. The Labute approximate surface area is 101 Å². The Morgan fingerprint density at radius 3 is 3.06 bits per heavy atom. The van der Waals surface area contributed by atoms with Gasteiger partial charge in [0.1, 0.15) is 4.60 Å². The summed E-state index contributed by atoms with van der Waals surface area (Å²) in [5.41, 5.74) is 5.67. The van der Waals surface area contributed by atoms with Gasteiger partial charge in [0.2, 0.25) is 5.91 Å². The van der Waals surface area contributed by atoms with Crippen molar-refractivity contribution in [3.63, 3.8) is 0 Å². The Balaban J connectivity index is 2.30. The number of nitrogens with two attached hydrogens (primary N) is 1. The molecular formula is C9H11BrN4O2. The van der Waals surface area contributed by atoms with Gasteiger partial charge < -0.3 is 10.8 Å². The van der Waals surface area contributed by atoms with E-state index in [0.29, 0.717) is 23.4 Å². The molecule has 2 heterocycles. The van der Waals surface area contributed by atoms with Crippen LogP contribution < -0.4 is 10.6 Å². The number of amides is 1. The molecule has 2 rings (SSSR count). The fraction of sp³-hybridized carbons (Fsp3) is 0.444. The normalized spacial score (nSPS) is 20.5. The molecular weight excluding hydrogens is 276 g/mol. The van der Waals surface area contributed by atoms with Crippen LogP contribution in [0.25, 0.3) is 0 Å². The van der Waals surface area contributed by atoms with E-state index in [2.05, 4.69) is 25.9 Å². The molecule has 0 spiro atoms. The van der Waals surface area contributed by atoms with E-state index in [4.69, 9.17) is 10.8 Å². The first-order chi connectivity index (χ1) is 7.61. The summed E-state index contributed by atoms with van der Waals surface area (Å²) in [7, 11) is 0. The van der Waals surface area contributed by atoms with Gasteiger partial charge >= 0.3 is 0 Å². The van der Waals surface area contributed by atoms with Crippen LogP contribution in [-0.4, -0.2) is 34.1 Å². The van der Waals surface area contributed by atoms with E-state index in [1.807, 2.05) is 0 Å². The van der Waals surface area contributed by atoms with Gasteiger partial charge in [-0.15, -0.1) is 0 Å². The van der Waals surface area contributed by atoms with Crippen LogP contribution in [0, 0.1) is 5.92 Å². The highest BCUT2D eigenvalue weighted by Crippen LogP contribution is 2.27. The van der Waals surface area contributed by atoms with E-state index in [-0.39, 0.29) is 24.2 Å². The van der Waals surface area contributed by atoms with Crippen molar-refractivity contribution in [3.8, 4) is 0 Å². The maximum atomic E-state index is 11.7. The van der Waals surface area contributed by atoms with Gasteiger partial charge in [0.15, 0.2) is 11.6 Å². The number of hydrogen-bond donors (Lipinski definition) is 2. The molecule has 0 bridgehead atoms. The van der Waals surface area contributed by atoms with Gasteiger partial charge in [-0.2, -0.15) is 0 Å². The fourth-order valence-corrected chi connectivity index (χ4v) is 1.95. The van der Waals surface area contributed by atoms with E-state index >= 15 is 0 Å². The number of aromatic nitrogens is 2. The summed E-state index contributed by atoms with van der Waals surface area (Å²) in [6.45, 7) is 0.425. The second-order valence-electron chi connectivity index (χ2n) is 3.66. The number of aliphatic hydroxyl groups excluding tert-OH is 1. The average molecular weight is 287 g/mol. The van der Waals surface area contributed by atoms with Gasteiger partial charge in [-0.1, -0.05) is 0 Å². The number of nitrogens with zero attached hydrogens (tertiary/aromatic N) is 3. The molecule has 1 fully saturated rings. The predicted octanol–water partition coefficient (Wildman–Crippen LogP) is 0.166. The first kappa shape index (κ1) is 11.3. The van der Waals surface area contributed by atoms with Crippen LogP contribution in [0.1, 0.15) is 6.42 Å². The summed E-state index contributed by atoms with van der Waals surface area (Å²) in [6.07, 6.45) is 1.80. The lowest BCUT2D eigenvalue weighted by Gasteiger charge is -2.16. The number of halogens is 1. The minimum absolute atomic E-state index is 0.0103. The van der Waals surface area contributed by atoms with Crippen molar-refractivity contribution >= 4 is 33.5 Å². The molecule has 3 N–H and O–H groups in total. The quantitative estimate of drug-likeness (QED) is 0.808. The molecule has 0 aromatic carbocycles. The molecule has 6 nitrogen and oxygen atoms in total. The van der Waals surface area contributed by atoms with Crippen molar-refractivity contribution in [2.75, 3.05) is 23.8 Å². The minimum atomic E-state index is -0.0850. The summed E-state index contributed by atoms with van der Waals surface area (Å²) >= 11 is 3.18.